The largest absolute Gasteiger partial charge is 0.309 e. The van der Waals surface area contributed by atoms with Gasteiger partial charge in [0.05, 0.1) is 11.0 Å². The Morgan fingerprint density at radius 3 is 2.35 bits per heavy atom. The number of unbranched alkanes of at least 4 members (excludes halogenated alkanes) is 3. The number of hydrogen-bond donors (Lipinski definition) is 0. The molecule has 0 atom stereocenters. The monoisotopic (exact) mass is 405 g/mol. The molecular formula is C24H24BrN. The number of rotatable bonds is 6. The van der Waals surface area contributed by atoms with Crippen molar-refractivity contribution in [3.63, 3.8) is 0 Å². The smallest absolute Gasteiger partial charge is 0.0541 e. The van der Waals surface area contributed by atoms with Gasteiger partial charge in [0, 0.05) is 20.9 Å². The molecular weight excluding hydrogens is 382 g/mol. The molecule has 1 aromatic heterocycles. The highest BCUT2D eigenvalue weighted by atomic mass is 79.9. The zero-order valence-corrected chi connectivity index (χ0v) is 16.8. The molecule has 4 rings (SSSR count). The van der Waals surface area contributed by atoms with Crippen molar-refractivity contribution in [3.05, 3.63) is 76.8 Å². The number of nitrogens with zero attached hydrogens (tertiary/aromatic N) is 1. The second-order valence-electron chi connectivity index (χ2n) is 6.99. The molecule has 132 valence electrons. The van der Waals surface area contributed by atoms with E-state index in [9.17, 15) is 0 Å². The van der Waals surface area contributed by atoms with Gasteiger partial charge in [-0.25, -0.2) is 0 Å². The summed E-state index contributed by atoms with van der Waals surface area (Å²) in [5.74, 6) is 0. The molecule has 0 aliphatic carbocycles. The first-order chi connectivity index (χ1) is 12.8. The molecule has 2 heteroatoms. The van der Waals surface area contributed by atoms with E-state index in [0.717, 1.165) is 4.47 Å². The van der Waals surface area contributed by atoms with Crippen molar-refractivity contribution < 1.29 is 0 Å². The van der Waals surface area contributed by atoms with Crippen LogP contribution in [0.15, 0.2) is 71.2 Å². The molecule has 0 saturated carbocycles. The fourth-order valence-corrected chi connectivity index (χ4v) is 4.06. The number of fused-ring (bicyclic) bond motifs is 3. The Kier molecular flexibility index (Phi) is 5.12. The molecule has 0 bridgehead atoms. The summed E-state index contributed by atoms with van der Waals surface area (Å²) >= 11 is 3.54. The molecule has 0 N–H and O–H groups in total. The van der Waals surface area contributed by atoms with Gasteiger partial charge in [-0.2, -0.15) is 0 Å². The van der Waals surface area contributed by atoms with Gasteiger partial charge >= 0.3 is 0 Å². The predicted molar refractivity (Wildman–Crippen MR) is 116 cm³/mol. The topological polar surface area (TPSA) is 4.93 Å². The number of aryl methyl sites for hydroxylation is 1. The summed E-state index contributed by atoms with van der Waals surface area (Å²) in [7, 11) is 0. The lowest BCUT2D eigenvalue weighted by atomic mass is 10.0. The number of aromatic nitrogens is 1. The number of para-hydroxylation sites is 1. The van der Waals surface area contributed by atoms with E-state index in [1.807, 2.05) is 0 Å². The van der Waals surface area contributed by atoms with Gasteiger partial charge in [0.15, 0.2) is 0 Å². The van der Waals surface area contributed by atoms with Gasteiger partial charge in [0.2, 0.25) is 0 Å². The van der Waals surface area contributed by atoms with E-state index in [1.165, 1.54) is 65.2 Å². The first-order valence-electron chi connectivity index (χ1n) is 9.56. The zero-order valence-electron chi connectivity index (χ0n) is 15.2. The summed E-state index contributed by atoms with van der Waals surface area (Å²) in [6.07, 6.45) is 6.42. The van der Waals surface area contributed by atoms with Crippen LogP contribution in [0, 0.1) is 0 Å². The van der Waals surface area contributed by atoms with Crippen molar-refractivity contribution in [1.29, 1.82) is 0 Å². The lowest BCUT2D eigenvalue weighted by molar-refractivity contribution is 0.667. The van der Waals surface area contributed by atoms with Crippen molar-refractivity contribution in [3.8, 4) is 5.69 Å². The summed E-state index contributed by atoms with van der Waals surface area (Å²) < 4.78 is 3.48. The van der Waals surface area contributed by atoms with Crippen molar-refractivity contribution in [2.75, 3.05) is 0 Å². The Morgan fingerprint density at radius 1 is 0.769 bits per heavy atom. The molecule has 0 aliphatic rings. The van der Waals surface area contributed by atoms with Gasteiger partial charge < -0.3 is 4.57 Å². The number of halogens is 1. The third kappa shape index (κ3) is 3.31. The van der Waals surface area contributed by atoms with Gasteiger partial charge in [0.1, 0.15) is 0 Å². The maximum Gasteiger partial charge on any atom is 0.0541 e. The van der Waals surface area contributed by atoms with Crippen LogP contribution in [0.4, 0.5) is 0 Å². The van der Waals surface area contributed by atoms with Gasteiger partial charge in [-0.3, -0.25) is 0 Å². The van der Waals surface area contributed by atoms with Crippen molar-refractivity contribution in [2.45, 2.75) is 39.0 Å². The van der Waals surface area contributed by atoms with E-state index in [4.69, 9.17) is 0 Å². The van der Waals surface area contributed by atoms with Crippen LogP contribution in [0.2, 0.25) is 0 Å². The maximum atomic E-state index is 3.54. The van der Waals surface area contributed by atoms with Gasteiger partial charge in [0.25, 0.3) is 0 Å². The highest BCUT2D eigenvalue weighted by Crippen LogP contribution is 2.33. The Bertz CT molecular complexity index is 1030. The van der Waals surface area contributed by atoms with Crippen LogP contribution in [-0.4, -0.2) is 4.57 Å². The standard InChI is InChI=1S/C24H24BrN/c1-2-3-4-5-8-18-11-16-24-22(17-18)21-9-6-7-10-23(21)26(24)20-14-12-19(25)13-15-20/h6-7,9-17H,2-5,8H2,1H3. The molecule has 0 spiro atoms. The second-order valence-corrected chi connectivity index (χ2v) is 7.91. The van der Waals surface area contributed by atoms with Crippen LogP contribution in [0.1, 0.15) is 38.2 Å². The number of benzene rings is 3. The molecule has 0 amide bonds. The normalized spacial score (nSPS) is 11.5. The molecule has 0 unspecified atom stereocenters. The first-order valence-corrected chi connectivity index (χ1v) is 10.4. The van der Waals surface area contributed by atoms with Crippen LogP contribution in [-0.2, 0) is 6.42 Å². The molecule has 0 fully saturated rings. The lowest BCUT2D eigenvalue weighted by Crippen LogP contribution is -1.93. The van der Waals surface area contributed by atoms with E-state index in [0.29, 0.717) is 0 Å². The van der Waals surface area contributed by atoms with Crippen LogP contribution >= 0.6 is 15.9 Å². The molecule has 3 aromatic carbocycles. The fourth-order valence-electron chi connectivity index (χ4n) is 3.80. The van der Waals surface area contributed by atoms with Crippen molar-refractivity contribution >= 4 is 37.7 Å². The summed E-state index contributed by atoms with van der Waals surface area (Å²) in [5, 5.41) is 2.69. The van der Waals surface area contributed by atoms with Crippen LogP contribution < -0.4 is 0 Å². The van der Waals surface area contributed by atoms with E-state index < -0.39 is 0 Å². The van der Waals surface area contributed by atoms with Crippen molar-refractivity contribution in [1.82, 2.24) is 4.57 Å². The van der Waals surface area contributed by atoms with Gasteiger partial charge in [-0.05, 0) is 60.9 Å². The van der Waals surface area contributed by atoms with E-state index >= 15 is 0 Å². The average molecular weight is 406 g/mol. The Hall–Kier alpha value is -2.06. The van der Waals surface area contributed by atoms with Gasteiger partial charge in [-0.1, -0.05) is 66.4 Å². The average Bonchev–Trinajstić information content (AvgIpc) is 3.00. The van der Waals surface area contributed by atoms with Crippen LogP contribution in [0.5, 0.6) is 0 Å². The summed E-state index contributed by atoms with van der Waals surface area (Å²) in [5.41, 5.74) is 5.21. The molecule has 0 saturated heterocycles. The van der Waals surface area contributed by atoms with E-state index in [1.54, 1.807) is 0 Å². The highest BCUT2D eigenvalue weighted by Gasteiger charge is 2.12. The lowest BCUT2D eigenvalue weighted by Gasteiger charge is -2.08. The zero-order chi connectivity index (χ0) is 17.9. The minimum atomic E-state index is 1.11. The third-order valence-corrected chi connectivity index (χ3v) is 5.67. The fraction of sp³-hybridized carbons (Fsp3) is 0.250. The second kappa shape index (κ2) is 7.67. The van der Waals surface area contributed by atoms with Crippen molar-refractivity contribution in [2.24, 2.45) is 0 Å². The van der Waals surface area contributed by atoms with E-state index in [2.05, 4.69) is 94.2 Å². The predicted octanol–water partition coefficient (Wildman–Crippen LogP) is 7.67. The van der Waals surface area contributed by atoms with Gasteiger partial charge in [-0.15, -0.1) is 0 Å². The summed E-state index contributed by atoms with van der Waals surface area (Å²) in [6, 6.07) is 24.3. The molecule has 0 radical (unpaired) electrons. The van der Waals surface area contributed by atoms with Crippen LogP contribution in [0.3, 0.4) is 0 Å². The quantitative estimate of drug-likeness (QED) is 0.290. The first kappa shape index (κ1) is 17.4. The molecule has 4 aromatic rings. The summed E-state index contributed by atoms with van der Waals surface area (Å²) in [6.45, 7) is 2.27. The minimum Gasteiger partial charge on any atom is -0.309 e. The molecule has 26 heavy (non-hydrogen) atoms. The number of hydrogen-bond acceptors (Lipinski definition) is 0. The molecule has 0 aliphatic heterocycles. The Balaban J connectivity index is 1.82. The molecule has 1 nitrogen and oxygen atoms in total. The minimum absolute atomic E-state index is 1.11. The van der Waals surface area contributed by atoms with Crippen LogP contribution in [0.25, 0.3) is 27.5 Å². The highest BCUT2D eigenvalue weighted by molar-refractivity contribution is 9.10. The Labute approximate surface area is 163 Å². The summed E-state index contributed by atoms with van der Waals surface area (Å²) in [4.78, 5) is 0. The maximum absolute atomic E-state index is 3.54. The molecule has 1 heterocycles. The Morgan fingerprint density at radius 2 is 1.54 bits per heavy atom. The van der Waals surface area contributed by atoms with E-state index in [-0.39, 0.29) is 0 Å². The third-order valence-electron chi connectivity index (χ3n) is 5.14. The SMILES string of the molecule is CCCCCCc1ccc2c(c1)c1ccccc1n2-c1ccc(Br)cc1.